The summed E-state index contributed by atoms with van der Waals surface area (Å²) < 4.78 is 25.4. The number of likely N-dealkylation sites (tertiary alicyclic amines) is 1. The van der Waals surface area contributed by atoms with E-state index in [1.54, 1.807) is 31.2 Å². The molecule has 0 bridgehead atoms. The normalized spacial score (nSPS) is 20.0. The van der Waals surface area contributed by atoms with Crippen LogP contribution in [0, 0.1) is 5.41 Å². The van der Waals surface area contributed by atoms with Crippen molar-refractivity contribution in [2.45, 2.75) is 39.8 Å². The Bertz CT molecular complexity index is 690. The molecule has 0 spiro atoms. The van der Waals surface area contributed by atoms with Gasteiger partial charge in [0, 0.05) is 31.2 Å². The number of nitrogens with one attached hydrogen (secondary N) is 1. The second-order valence-corrected chi connectivity index (χ2v) is 9.13. The first-order chi connectivity index (χ1) is 11.1. The number of amides is 1. The quantitative estimate of drug-likeness (QED) is 0.802. The first-order valence-corrected chi connectivity index (χ1v) is 9.91. The third kappa shape index (κ3) is 5.67. The monoisotopic (exact) mass is 389 g/mol. The van der Waals surface area contributed by atoms with Crippen LogP contribution in [0.3, 0.4) is 0 Å². The molecule has 0 saturated carbocycles. The molecule has 1 aromatic rings. The van der Waals surface area contributed by atoms with E-state index in [1.165, 1.54) is 0 Å². The van der Waals surface area contributed by atoms with Crippen LogP contribution in [0.1, 0.15) is 43.1 Å². The van der Waals surface area contributed by atoms with E-state index in [0.717, 1.165) is 12.0 Å². The molecule has 0 radical (unpaired) electrons. The summed E-state index contributed by atoms with van der Waals surface area (Å²) in [6.07, 6.45) is 0.801. The van der Waals surface area contributed by atoms with Crippen molar-refractivity contribution in [2.24, 2.45) is 11.1 Å². The molecule has 25 heavy (non-hydrogen) atoms. The molecule has 0 aromatic heterocycles. The van der Waals surface area contributed by atoms with Gasteiger partial charge in [-0.25, -0.2) is 13.1 Å². The second kappa shape index (κ2) is 8.49. The minimum atomic E-state index is -3.22. The van der Waals surface area contributed by atoms with Gasteiger partial charge in [-0.3, -0.25) is 4.79 Å². The lowest BCUT2D eigenvalue weighted by Gasteiger charge is -2.42. The highest BCUT2D eigenvalue weighted by atomic mass is 35.5. The predicted octanol–water partition coefficient (Wildman–Crippen LogP) is 1.75. The van der Waals surface area contributed by atoms with Gasteiger partial charge in [0.2, 0.25) is 10.0 Å². The molecule has 1 aliphatic rings. The van der Waals surface area contributed by atoms with Crippen molar-refractivity contribution < 1.29 is 13.2 Å². The second-order valence-electron chi connectivity index (χ2n) is 7.03. The summed E-state index contributed by atoms with van der Waals surface area (Å²) >= 11 is 0. The largest absolute Gasteiger partial charge is 0.338 e. The van der Waals surface area contributed by atoms with Crippen molar-refractivity contribution in [2.75, 3.05) is 18.8 Å². The fourth-order valence-electron chi connectivity index (χ4n) is 2.79. The molecule has 6 nitrogen and oxygen atoms in total. The topological polar surface area (TPSA) is 92.5 Å². The summed E-state index contributed by atoms with van der Waals surface area (Å²) in [7, 11) is -3.22. The zero-order valence-corrected chi connectivity index (χ0v) is 16.6. The Morgan fingerprint density at radius 1 is 1.32 bits per heavy atom. The van der Waals surface area contributed by atoms with Crippen molar-refractivity contribution >= 4 is 28.3 Å². The molecule has 1 unspecified atom stereocenters. The van der Waals surface area contributed by atoms with Crippen LogP contribution in [0.15, 0.2) is 24.3 Å². The number of hydrogen-bond donors (Lipinski definition) is 2. The van der Waals surface area contributed by atoms with Crippen LogP contribution in [-0.2, 0) is 16.6 Å². The van der Waals surface area contributed by atoms with E-state index in [4.69, 9.17) is 5.73 Å². The highest BCUT2D eigenvalue weighted by Crippen LogP contribution is 2.28. The molecule has 1 atom stereocenters. The Morgan fingerprint density at radius 2 is 1.92 bits per heavy atom. The zero-order valence-electron chi connectivity index (χ0n) is 15.0. The molecule has 8 heteroatoms. The van der Waals surface area contributed by atoms with Crippen LogP contribution in [0.5, 0.6) is 0 Å². The van der Waals surface area contributed by atoms with Gasteiger partial charge in [0.25, 0.3) is 5.91 Å². The van der Waals surface area contributed by atoms with E-state index >= 15 is 0 Å². The zero-order chi connectivity index (χ0) is 18.0. The van der Waals surface area contributed by atoms with Gasteiger partial charge < -0.3 is 10.6 Å². The summed E-state index contributed by atoms with van der Waals surface area (Å²) in [5, 5.41) is 0. The predicted molar refractivity (Wildman–Crippen MR) is 102 cm³/mol. The lowest BCUT2D eigenvalue weighted by Crippen LogP contribution is -2.53. The Morgan fingerprint density at radius 3 is 2.44 bits per heavy atom. The van der Waals surface area contributed by atoms with Gasteiger partial charge in [-0.2, -0.15) is 0 Å². The van der Waals surface area contributed by atoms with Gasteiger partial charge in [-0.05, 0) is 36.5 Å². The molecule has 0 aliphatic carbocycles. The van der Waals surface area contributed by atoms with Gasteiger partial charge in [-0.15, -0.1) is 12.4 Å². The lowest BCUT2D eigenvalue weighted by molar-refractivity contribution is 0.0533. The van der Waals surface area contributed by atoms with Gasteiger partial charge in [0.05, 0.1) is 5.75 Å². The maximum Gasteiger partial charge on any atom is 0.253 e. The van der Waals surface area contributed by atoms with E-state index in [2.05, 4.69) is 18.6 Å². The maximum absolute atomic E-state index is 12.6. The number of halogens is 1. The van der Waals surface area contributed by atoms with Crippen molar-refractivity contribution in [3.05, 3.63) is 35.4 Å². The van der Waals surface area contributed by atoms with Crippen LogP contribution >= 0.6 is 12.4 Å². The maximum atomic E-state index is 12.6. The van der Waals surface area contributed by atoms with Crippen LogP contribution in [0.4, 0.5) is 0 Å². The molecule has 2 rings (SSSR count). The van der Waals surface area contributed by atoms with Crippen LogP contribution in [0.25, 0.3) is 0 Å². The van der Waals surface area contributed by atoms with Crippen molar-refractivity contribution in [3.63, 3.8) is 0 Å². The Hall–Kier alpha value is -1.15. The fraction of sp³-hybridized carbons (Fsp3) is 0.588. The first-order valence-electron chi connectivity index (χ1n) is 8.26. The first kappa shape index (κ1) is 21.9. The number of carbonyl (C=O) groups excluding carboxylic acids is 1. The van der Waals surface area contributed by atoms with Crippen molar-refractivity contribution in [1.29, 1.82) is 0 Å². The van der Waals surface area contributed by atoms with Gasteiger partial charge in [-0.1, -0.05) is 26.0 Å². The minimum absolute atomic E-state index is 0. The minimum Gasteiger partial charge on any atom is -0.338 e. The average Bonchev–Trinajstić information content (AvgIpc) is 2.55. The number of piperidine rings is 1. The summed E-state index contributed by atoms with van der Waals surface area (Å²) in [5.74, 6) is 0.0480. The van der Waals surface area contributed by atoms with Crippen molar-refractivity contribution in [3.8, 4) is 0 Å². The average molecular weight is 390 g/mol. The summed E-state index contributed by atoms with van der Waals surface area (Å²) in [5.41, 5.74) is 7.47. The molecule has 142 valence electrons. The van der Waals surface area contributed by atoms with Crippen LogP contribution < -0.4 is 10.5 Å². The molecule has 1 amide bonds. The number of sulfonamides is 1. The molecule has 1 fully saturated rings. The van der Waals surface area contributed by atoms with E-state index in [-0.39, 0.29) is 42.1 Å². The number of hydrogen-bond acceptors (Lipinski definition) is 4. The van der Waals surface area contributed by atoms with E-state index in [1.807, 2.05) is 4.90 Å². The highest BCUT2D eigenvalue weighted by Gasteiger charge is 2.35. The van der Waals surface area contributed by atoms with Crippen LogP contribution in [0.2, 0.25) is 0 Å². The molecule has 1 aliphatic heterocycles. The Kier molecular flexibility index (Phi) is 7.43. The lowest BCUT2D eigenvalue weighted by atomic mass is 9.79. The number of nitrogens with zero attached hydrogens (tertiary/aromatic N) is 1. The Labute approximate surface area is 156 Å². The van der Waals surface area contributed by atoms with E-state index in [9.17, 15) is 13.2 Å². The third-order valence-electron chi connectivity index (χ3n) is 4.68. The SMILES string of the molecule is CCS(=O)(=O)NCc1ccc(C(=O)N2CCC(N)C(C)(C)C2)cc1.Cl. The van der Waals surface area contributed by atoms with Gasteiger partial charge >= 0.3 is 0 Å². The molecular weight excluding hydrogens is 362 g/mol. The van der Waals surface area contributed by atoms with Crippen molar-refractivity contribution in [1.82, 2.24) is 9.62 Å². The Balaban J connectivity index is 0.00000312. The standard InChI is InChI=1S/C17H27N3O3S.ClH/c1-4-24(22,23)19-11-13-5-7-14(8-6-13)16(21)20-10-9-15(18)17(2,3)12-20;/h5-8,15,19H,4,9-12,18H2,1-3H3;1H. The van der Waals surface area contributed by atoms with Crippen LogP contribution in [-0.4, -0.2) is 44.1 Å². The number of rotatable bonds is 5. The smallest absolute Gasteiger partial charge is 0.253 e. The third-order valence-corrected chi connectivity index (χ3v) is 6.02. The number of nitrogens with two attached hydrogens (primary N) is 1. The van der Waals surface area contributed by atoms with E-state index in [0.29, 0.717) is 18.7 Å². The summed E-state index contributed by atoms with van der Waals surface area (Å²) in [4.78, 5) is 14.5. The van der Waals surface area contributed by atoms with Gasteiger partial charge in [0.15, 0.2) is 0 Å². The molecule has 1 aromatic carbocycles. The molecular formula is C17H28ClN3O3S. The number of carbonyl (C=O) groups is 1. The molecule has 1 saturated heterocycles. The van der Waals surface area contributed by atoms with Gasteiger partial charge in [0.1, 0.15) is 0 Å². The summed E-state index contributed by atoms with van der Waals surface area (Å²) in [6.45, 7) is 7.30. The molecule has 3 N–H and O–H groups in total. The fourth-order valence-corrected chi connectivity index (χ4v) is 3.38. The van der Waals surface area contributed by atoms with E-state index < -0.39 is 10.0 Å². The summed E-state index contributed by atoms with van der Waals surface area (Å²) in [6, 6.07) is 7.17. The molecule has 1 heterocycles. The highest BCUT2D eigenvalue weighted by molar-refractivity contribution is 7.89. The number of benzene rings is 1.